The van der Waals surface area contributed by atoms with Crippen LogP contribution in [0.15, 0.2) is 12.3 Å². The monoisotopic (exact) mass is 629 g/mol. The number of rotatable bonds is 9. The van der Waals surface area contributed by atoms with Gasteiger partial charge in [-0.15, -0.1) is 0 Å². The standard InChI is InChI=1S/C34H53BFN3O6/c1-32(2,3)43-31(40)38-17-11-8-14-24(22-38)23-41-18-12-9-15-25-27(36)20-28-26(21-37-39(28)29-16-10-13-19-42-29)30(25)35-44-33(4,5)34(6,7)45-35/h20-21,24,29H,8-19,22-23H2,1-7H3. The van der Waals surface area contributed by atoms with Crippen molar-refractivity contribution < 1.29 is 32.7 Å². The molecule has 0 aliphatic carbocycles. The van der Waals surface area contributed by atoms with Gasteiger partial charge in [0.25, 0.3) is 0 Å². The van der Waals surface area contributed by atoms with Gasteiger partial charge in [0.15, 0.2) is 6.23 Å². The lowest BCUT2D eigenvalue weighted by atomic mass is 9.72. The van der Waals surface area contributed by atoms with Crippen molar-refractivity contribution >= 4 is 29.6 Å². The summed E-state index contributed by atoms with van der Waals surface area (Å²) >= 11 is 0. The van der Waals surface area contributed by atoms with Crippen molar-refractivity contribution in [3.63, 3.8) is 0 Å². The second kappa shape index (κ2) is 13.9. The number of hydrogen-bond acceptors (Lipinski definition) is 7. The first-order chi connectivity index (χ1) is 21.3. The molecule has 2 unspecified atom stereocenters. The van der Waals surface area contributed by atoms with Crippen LogP contribution < -0.4 is 5.46 Å². The second-order valence-corrected chi connectivity index (χ2v) is 15.0. The molecule has 4 heterocycles. The van der Waals surface area contributed by atoms with Gasteiger partial charge in [0.05, 0.1) is 29.5 Å². The summed E-state index contributed by atoms with van der Waals surface area (Å²) in [6.45, 7) is 17.0. The Balaban J connectivity index is 1.24. The minimum absolute atomic E-state index is 0.200. The highest BCUT2D eigenvalue weighted by atomic mass is 19.1. The summed E-state index contributed by atoms with van der Waals surface area (Å²) < 4.78 is 48.5. The Bertz CT molecular complexity index is 1300. The number of aromatic nitrogens is 2. The Morgan fingerprint density at radius 2 is 1.82 bits per heavy atom. The van der Waals surface area contributed by atoms with E-state index in [-0.39, 0.29) is 24.1 Å². The third-order valence-electron chi connectivity index (χ3n) is 9.66. The van der Waals surface area contributed by atoms with Gasteiger partial charge >= 0.3 is 13.2 Å². The fraction of sp³-hybridized carbons (Fsp3) is 0.765. The highest BCUT2D eigenvalue weighted by molar-refractivity contribution is 6.65. The van der Waals surface area contributed by atoms with E-state index in [0.717, 1.165) is 68.8 Å². The molecule has 250 valence electrons. The average molecular weight is 630 g/mol. The van der Waals surface area contributed by atoms with Crippen molar-refractivity contribution in [2.45, 2.75) is 129 Å². The smallest absolute Gasteiger partial charge is 0.444 e. The first-order valence-corrected chi connectivity index (χ1v) is 17.0. The molecule has 45 heavy (non-hydrogen) atoms. The van der Waals surface area contributed by atoms with Crippen molar-refractivity contribution in [3.8, 4) is 0 Å². The molecule has 0 spiro atoms. The van der Waals surface area contributed by atoms with Crippen molar-refractivity contribution in [1.29, 1.82) is 0 Å². The van der Waals surface area contributed by atoms with Gasteiger partial charge in [-0.2, -0.15) is 5.10 Å². The highest BCUT2D eigenvalue weighted by Gasteiger charge is 2.53. The van der Waals surface area contributed by atoms with Crippen LogP contribution in [-0.4, -0.2) is 77.6 Å². The van der Waals surface area contributed by atoms with Crippen LogP contribution in [0.2, 0.25) is 0 Å². The third kappa shape index (κ3) is 8.03. The largest absolute Gasteiger partial charge is 0.495 e. The van der Waals surface area contributed by atoms with E-state index in [2.05, 4.69) is 5.10 Å². The average Bonchev–Trinajstić information content (AvgIpc) is 3.34. The molecule has 11 heteroatoms. The summed E-state index contributed by atoms with van der Waals surface area (Å²) in [6.07, 6.45) is 9.46. The summed E-state index contributed by atoms with van der Waals surface area (Å²) in [6, 6.07) is 1.60. The lowest BCUT2D eigenvalue weighted by Crippen LogP contribution is -2.41. The van der Waals surface area contributed by atoms with Crippen molar-refractivity contribution in [1.82, 2.24) is 14.7 Å². The molecular weight excluding hydrogens is 576 g/mol. The zero-order valence-electron chi connectivity index (χ0n) is 28.5. The number of benzene rings is 1. The SMILES string of the molecule is CC(C)(C)OC(=O)N1CCCCC(COCCCCc2c(F)cc3c(cnn3C3CCCCO3)c2B2OC(C)(C)C(C)(C)O2)C1. The maximum atomic E-state index is 16.0. The minimum Gasteiger partial charge on any atom is -0.444 e. The predicted octanol–water partition coefficient (Wildman–Crippen LogP) is 6.55. The fourth-order valence-electron chi connectivity index (χ4n) is 6.47. The van der Waals surface area contributed by atoms with Crippen LogP contribution in [0, 0.1) is 11.7 Å². The van der Waals surface area contributed by atoms with Gasteiger partial charge in [-0.3, -0.25) is 0 Å². The van der Waals surface area contributed by atoms with Gasteiger partial charge in [-0.1, -0.05) is 6.42 Å². The first kappa shape index (κ1) is 34.1. The zero-order valence-corrected chi connectivity index (χ0v) is 28.5. The van der Waals surface area contributed by atoms with E-state index in [1.807, 2.05) is 64.2 Å². The van der Waals surface area contributed by atoms with Gasteiger partial charge in [-0.05, 0) is 111 Å². The molecule has 0 N–H and O–H groups in total. The molecule has 5 rings (SSSR count). The molecule has 3 fully saturated rings. The van der Waals surface area contributed by atoms with E-state index in [1.165, 1.54) is 0 Å². The molecule has 0 radical (unpaired) electrons. The molecule has 0 saturated carbocycles. The second-order valence-electron chi connectivity index (χ2n) is 15.0. The molecule has 3 aliphatic heterocycles. The molecule has 3 aliphatic rings. The first-order valence-electron chi connectivity index (χ1n) is 17.0. The summed E-state index contributed by atoms with van der Waals surface area (Å²) in [7, 11) is -0.701. The summed E-state index contributed by atoms with van der Waals surface area (Å²) in [5, 5.41) is 5.52. The molecule has 2 aromatic rings. The van der Waals surface area contributed by atoms with Gasteiger partial charge in [-0.25, -0.2) is 13.9 Å². The van der Waals surface area contributed by atoms with Gasteiger partial charge in [0.1, 0.15) is 11.4 Å². The van der Waals surface area contributed by atoms with E-state index >= 15 is 4.39 Å². The summed E-state index contributed by atoms with van der Waals surface area (Å²) in [4.78, 5) is 14.5. The topological polar surface area (TPSA) is 84.3 Å². The number of carbonyl (C=O) groups excluding carboxylic acids is 1. The Morgan fingerprint density at radius 1 is 1.09 bits per heavy atom. The molecule has 1 amide bonds. The number of hydrogen-bond donors (Lipinski definition) is 0. The summed E-state index contributed by atoms with van der Waals surface area (Å²) in [5.41, 5.74) is 0.433. The Morgan fingerprint density at radius 3 is 2.51 bits per heavy atom. The zero-order chi connectivity index (χ0) is 32.4. The van der Waals surface area contributed by atoms with Gasteiger partial charge in [0, 0.05) is 43.7 Å². The van der Waals surface area contributed by atoms with Crippen LogP contribution >= 0.6 is 0 Å². The molecule has 0 bridgehead atoms. The van der Waals surface area contributed by atoms with Crippen LogP contribution in [0.4, 0.5) is 9.18 Å². The number of likely N-dealkylation sites (tertiary alicyclic amines) is 1. The van der Waals surface area contributed by atoms with Crippen LogP contribution in [-0.2, 0) is 29.9 Å². The lowest BCUT2D eigenvalue weighted by molar-refractivity contribution is -0.0366. The number of fused-ring (bicyclic) bond motifs is 1. The minimum atomic E-state index is -0.701. The molecule has 9 nitrogen and oxygen atoms in total. The number of halogens is 1. The fourth-order valence-corrected chi connectivity index (χ4v) is 6.47. The van der Waals surface area contributed by atoms with Crippen molar-refractivity contribution in [2.75, 3.05) is 32.9 Å². The van der Waals surface area contributed by atoms with Crippen molar-refractivity contribution in [2.24, 2.45) is 5.92 Å². The maximum absolute atomic E-state index is 16.0. The highest BCUT2D eigenvalue weighted by Crippen LogP contribution is 2.38. The predicted molar refractivity (Wildman–Crippen MR) is 173 cm³/mol. The van der Waals surface area contributed by atoms with Gasteiger partial charge in [0.2, 0.25) is 0 Å². The third-order valence-corrected chi connectivity index (χ3v) is 9.66. The van der Waals surface area contributed by atoms with E-state index < -0.39 is 23.9 Å². The molecule has 1 aromatic heterocycles. The molecule has 1 aromatic carbocycles. The lowest BCUT2D eigenvalue weighted by Gasteiger charge is -2.32. The van der Waals surface area contributed by atoms with E-state index in [4.69, 9.17) is 23.5 Å². The molecule has 2 atom stereocenters. The number of amides is 1. The van der Waals surface area contributed by atoms with E-state index in [9.17, 15) is 4.79 Å². The number of unbranched alkanes of at least 4 members (excludes halogenated alkanes) is 1. The van der Waals surface area contributed by atoms with Crippen LogP contribution in [0.25, 0.3) is 10.9 Å². The Hall–Kier alpha value is -2.21. The van der Waals surface area contributed by atoms with E-state index in [0.29, 0.717) is 43.9 Å². The van der Waals surface area contributed by atoms with E-state index in [1.54, 1.807) is 6.07 Å². The Labute approximate surface area is 268 Å². The summed E-state index contributed by atoms with van der Waals surface area (Å²) in [5.74, 6) is 0.00547. The van der Waals surface area contributed by atoms with Gasteiger partial charge < -0.3 is 28.4 Å². The molecular formula is C34H53BFN3O6. The number of ether oxygens (including phenoxy) is 3. The van der Waals surface area contributed by atoms with Crippen LogP contribution in [0.5, 0.6) is 0 Å². The molecule has 3 saturated heterocycles. The normalized spacial score (nSPS) is 23.8. The van der Waals surface area contributed by atoms with Crippen molar-refractivity contribution in [3.05, 3.63) is 23.6 Å². The quantitative estimate of drug-likeness (QED) is 0.230. The number of carbonyl (C=O) groups is 1. The van der Waals surface area contributed by atoms with Crippen LogP contribution in [0.1, 0.15) is 112 Å². The number of nitrogens with zero attached hydrogens (tertiary/aromatic N) is 3. The maximum Gasteiger partial charge on any atom is 0.495 e. The Kier molecular flexibility index (Phi) is 10.5. The van der Waals surface area contributed by atoms with Crippen LogP contribution in [0.3, 0.4) is 0 Å².